The van der Waals surface area contributed by atoms with Gasteiger partial charge in [-0.05, 0) is 71.7 Å². The Morgan fingerprint density at radius 3 is 2.41 bits per heavy atom. The Balaban J connectivity index is 1.53. The first kappa shape index (κ1) is 23.9. The normalized spacial score (nSPS) is 13.7. The fraction of sp³-hybridized carbons (Fsp3) is 0.321. The molecule has 34 heavy (non-hydrogen) atoms. The lowest BCUT2D eigenvalue weighted by Gasteiger charge is -2.18. The van der Waals surface area contributed by atoms with Crippen molar-refractivity contribution in [3.05, 3.63) is 94.5 Å². The minimum absolute atomic E-state index is 0.0155. The van der Waals surface area contributed by atoms with E-state index in [1.165, 1.54) is 12.1 Å². The highest BCUT2D eigenvalue weighted by Gasteiger charge is 2.35. The van der Waals surface area contributed by atoms with Gasteiger partial charge in [-0.25, -0.2) is 0 Å². The van der Waals surface area contributed by atoms with Crippen LogP contribution in [-0.2, 0) is 12.6 Å². The topological polar surface area (TPSA) is 38.3 Å². The van der Waals surface area contributed by atoms with Crippen LogP contribution in [0, 0.1) is 0 Å². The van der Waals surface area contributed by atoms with E-state index >= 15 is 0 Å². The van der Waals surface area contributed by atoms with Gasteiger partial charge < -0.3 is 10.1 Å². The van der Waals surface area contributed by atoms with E-state index < -0.39 is 17.6 Å². The quantitative estimate of drug-likeness (QED) is 0.371. The van der Waals surface area contributed by atoms with E-state index in [9.17, 15) is 18.0 Å². The summed E-state index contributed by atoms with van der Waals surface area (Å²) in [5.41, 5.74) is 2.03. The van der Waals surface area contributed by atoms with Crippen molar-refractivity contribution in [3.63, 3.8) is 0 Å². The van der Waals surface area contributed by atoms with Crippen LogP contribution in [0.3, 0.4) is 0 Å². The second-order valence-corrected chi connectivity index (χ2v) is 9.02. The number of carbonyl (C=O) groups excluding carboxylic acids is 1. The third-order valence-electron chi connectivity index (χ3n) is 6.04. The molecule has 1 amide bonds. The summed E-state index contributed by atoms with van der Waals surface area (Å²) < 4.78 is 46.6. The maximum absolute atomic E-state index is 13.6. The maximum atomic E-state index is 13.6. The van der Waals surface area contributed by atoms with Crippen molar-refractivity contribution < 1.29 is 22.7 Å². The average Bonchev–Trinajstić information content (AvgIpc) is 3.64. The molecular formula is C28H28F3NO2. The highest BCUT2D eigenvalue weighted by molar-refractivity contribution is 6.06. The molecule has 0 aromatic heterocycles. The predicted molar refractivity (Wildman–Crippen MR) is 128 cm³/mol. The lowest BCUT2D eigenvalue weighted by atomic mass is 9.96. The van der Waals surface area contributed by atoms with Crippen LogP contribution in [0.4, 0.5) is 18.9 Å². The highest BCUT2D eigenvalue weighted by atomic mass is 19.4. The number of benzene rings is 3. The fourth-order valence-electron chi connectivity index (χ4n) is 4.02. The van der Waals surface area contributed by atoms with Crippen LogP contribution < -0.4 is 10.1 Å². The smallest absolute Gasteiger partial charge is 0.418 e. The maximum Gasteiger partial charge on any atom is 0.418 e. The van der Waals surface area contributed by atoms with Crippen LogP contribution in [-0.4, -0.2) is 12.5 Å². The number of hydrogen-bond donors (Lipinski definition) is 1. The van der Waals surface area contributed by atoms with Gasteiger partial charge in [0.2, 0.25) is 0 Å². The van der Waals surface area contributed by atoms with E-state index in [2.05, 4.69) is 5.32 Å². The van der Waals surface area contributed by atoms with E-state index in [-0.39, 0.29) is 17.5 Å². The largest absolute Gasteiger partial charge is 0.493 e. The molecule has 1 fully saturated rings. The summed E-state index contributed by atoms with van der Waals surface area (Å²) in [7, 11) is 0. The number of amides is 1. The Morgan fingerprint density at radius 2 is 1.76 bits per heavy atom. The monoisotopic (exact) mass is 467 g/mol. The first-order valence-corrected chi connectivity index (χ1v) is 11.6. The SMILES string of the molecule is CC(C)c1cc(OCCc2ccccc2)ccc1C(=O)Nc1cc(C2CC2)ccc1C(F)(F)F. The Labute approximate surface area is 198 Å². The molecule has 1 aliphatic carbocycles. The molecule has 0 bridgehead atoms. The Kier molecular flexibility index (Phi) is 6.96. The van der Waals surface area contributed by atoms with Crippen molar-refractivity contribution in [2.75, 3.05) is 11.9 Å². The number of halogens is 3. The lowest BCUT2D eigenvalue weighted by molar-refractivity contribution is -0.136. The number of alkyl halides is 3. The molecule has 1 aliphatic rings. The molecule has 0 saturated heterocycles. The van der Waals surface area contributed by atoms with Crippen molar-refractivity contribution in [1.29, 1.82) is 0 Å². The zero-order chi connectivity index (χ0) is 24.3. The third-order valence-corrected chi connectivity index (χ3v) is 6.04. The van der Waals surface area contributed by atoms with Crippen molar-refractivity contribution in [3.8, 4) is 5.75 Å². The average molecular weight is 468 g/mol. The van der Waals surface area contributed by atoms with Crippen LogP contribution in [0.2, 0.25) is 0 Å². The van der Waals surface area contributed by atoms with Gasteiger partial charge in [0.15, 0.2) is 0 Å². The Hall–Kier alpha value is -3.28. The minimum Gasteiger partial charge on any atom is -0.493 e. The van der Waals surface area contributed by atoms with Gasteiger partial charge in [-0.15, -0.1) is 0 Å². The van der Waals surface area contributed by atoms with Crippen molar-refractivity contribution in [2.24, 2.45) is 0 Å². The molecule has 4 rings (SSSR count). The van der Waals surface area contributed by atoms with E-state index in [1.807, 2.05) is 44.2 Å². The summed E-state index contributed by atoms with van der Waals surface area (Å²) >= 11 is 0. The first-order chi connectivity index (χ1) is 16.2. The summed E-state index contributed by atoms with van der Waals surface area (Å²) in [4.78, 5) is 13.1. The van der Waals surface area contributed by atoms with Gasteiger partial charge in [-0.3, -0.25) is 4.79 Å². The summed E-state index contributed by atoms with van der Waals surface area (Å²) in [5, 5.41) is 2.54. The third kappa shape index (κ3) is 5.79. The van der Waals surface area contributed by atoms with E-state index in [4.69, 9.17) is 4.74 Å². The van der Waals surface area contributed by atoms with Crippen LogP contribution >= 0.6 is 0 Å². The molecular weight excluding hydrogens is 439 g/mol. The molecule has 0 heterocycles. The van der Waals surface area contributed by atoms with Crippen molar-refractivity contribution in [1.82, 2.24) is 0 Å². The van der Waals surface area contributed by atoms with E-state index in [0.717, 1.165) is 42.0 Å². The number of nitrogens with one attached hydrogen (secondary N) is 1. The number of carbonyl (C=O) groups is 1. The minimum atomic E-state index is -4.55. The molecule has 1 N–H and O–H groups in total. The summed E-state index contributed by atoms with van der Waals surface area (Å²) in [6.07, 6.45) is -1.89. The predicted octanol–water partition coefficient (Wildman–Crippen LogP) is 7.58. The second-order valence-electron chi connectivity index (χ2n) is 9.02. The number of ether oxygens (including phenoxy) is 1. The van der Waals surface area contributed by atoms with Gasteiger partial charge in [-0.2, -0.15) is 13.2 Å². The molecule has 3 nitrogen and oxygen atoms in total. The molecule has 178 valence electrons. The molecule has 6 heteroatoms. The van der Waals surface area contributed by atoms with Crippen molar-refractivity contribution in [2.45, 2.75) is 51.1 Å². The lowest BCUT2D eigenvalue weighted by Crippen LogP contribution is -2.19. The molecule has 0 radical (unpaired) electrons. The molecule has 0 atom stereocenters. The summed E-state index contributed by atoms with van der Waals surface area (Å²) in [6, 6.07) is 19.1. The van der Waals surface area contributed by atoms with Crippen LogP contribution in [0.1, 0.15) is 71.1 Å². The molecule has 0 unspecified atom stereocenters. The molecule has 3 aromatic carbocycles. The van der Waals surface area contributed by atoms with Gasteiger partial charge in [0.25, 0.3) is 5.91 Å². The fourth-order valence-corrected chi connectivity index (χ4v) is 4.02. The number of hydrogen-bond acceptors (Lipinski definition) is 2. The van der Waals surface area contributed by atoms with E-state index in [1.54, 1.807) is 18.2 Å². The van der Waals surface area contributed by atoms with Gasteiger partial charge in [0, 0.05) is 12.0 Å². The van der Waals surface area contributed by atoms with Gasteiger partial charge in [0.1, 0.15) is 5.75 Å². The number of rotatable bonds is 8. The van der Waals surface area contributed by atoms with Crippen LogP contribution in [0.25, 0.3) is 0 Å². The molecule has 1 saturated carbocycles. The van der Waals surface area contributed by atoms with Crippen molar-refractivity contribution >= 4 is 11.6 Å². The first-order valence-electron chi connectivity index (χ1n) is 11.6. The standard InChI is InChI=1S/C28H28F3NO2/c1-18(2)24-17-22(34-15-14-19-6-4-3-5-7-19)11-12-23(24)27(33)32-26-16-21(20-8-9-20)10-13-25(26)28(29,30)31/h3-7,10-13,16-18,20H,8-9,14-15H2,1-2H3,(H,32,33). The summed E-state index contributed by atoms with van der Waals surface area (Å²) in [6.45, 7) is 4.36. The highest BCUT2D eigenvalue weighted by Crippen LogP contribution is 2.43. The van der Waals surface area contributed by atoms with E-state index in [0.29, 0.717) is 17.9 Å². The molecule has 0 spiro atoms. The van der Waals surface area contributed by atoms with Crippen LogP contribution in [0.5, 0.6) is 5.75 Å². The second kappa shape index (κ2) is 9.92. The zero-order valence-corrected chi connectivity index (χ0v) is 19.3. The van der Waals surface area contributed by atoms with Gasteiger partial charge >= 0.3 is 6.18 Å². The number of anilines is 1. The Bertz CT molecular complexity index is 1150. The molecule has 0 aliphatic heterocycles. The van der Waals surface area contributed by atoms with Crippen LogP contribution in [0.15, 0.2) is 66.7 Å². The summed E-state index contributed by atoms with van der Waals surface area (Å²) in [5.74, 6) is 0.329. The van der Waals surface area contributed by atoms with Gasteiger partial charge in [-0.1, -0.05) is 50.2 Å². The zero-order valence-electron chi connectivity index (χ0n) is 19.3. The van der Waals surface area contributed by atoms with Gasteiger partial charge in [0.05, 0.1) is 17.9 Å². The Morgan fingerprint density at radius 1 is 1.03 bits per heavy atom. The molecule has 3 aromatic rings.